The van der Waals surface area contributed by atoms with Crippen LogP contribution in [0.25, 0.3) is 22.2 Å². The van der Waals surface area contributed by atoms with Crippen molar-refractivity contribution >= 4 is 10.9 Å². The molecule has 0 saturated carbocycles. The molecule has 1 N–H and O–H groups in total. The van der Waals surface area contributed by atoms with Crippen LogP contribution in [0.15, 0.2) is 42.7 Å². The first-order valence-corrected chi connectivity index (χ1v) is 6.38. The second-order valence-corrected chi connectivity index (χ2v) is 4.81. The van der Waals surface area contributed by atoms with Gasteiger partial charge in [0, 0.05) is 30.2 Å². The highest BCUT2D eigenvalue weighted by molar-refractivity contribution is 5.83. The van der Waals surface area contributed by atoms with Crippen molar-refractivity contribution in [1.82, 2.24) is 25.3 Å². The molecule has 0 aliphatic carbocycles. The van der Waals surface area contributed by atoms with Gasteiger partial charge in [0.25, 0.3) is 0 Å². The predicted molar refractivity (Wildman–Crippen MR) is 72.7 cm³/mol. The lowest BCUT2D eigenvalue weighted by atomic mass is 10.1. The monoisotopic (exact) mass is 251 g/mol. The summed E-state index contributed by atoms with van der Waals surface area (Å²) in [4.78, 5) is 4.32. The fourth-order valence-electron chi connectivity index (χ4n) is 2.28. The summed E-state index contributed by atoms with van der Waals surface area (Å²) in [7, 11) is 0. The summed E-state index contributed by atoms with van der Waals surface area (Å²) < 4.78 is 1.94. The van der Waals surface area contributed by atoms with Crippen LogP contribution in [0.2, 0.25) is 0 Å². The van der Waals surface area contributed by atoms with E-state index in [9.17, 15) is 0 Å². The van der Waals surface area contributed by atoms with Crippen molar-refractivity contribution in [3.63, 3.8) is 0 Å². The minimum absolute atomic E-state index is 0.448. The smallest absolute Gasteiger partial charge is 0.113 e. The van der Waals surface area contributed by atoms with Crippen molar-refractivity contribution < 1.29 is 0 Å². The van der Waals surface area contributed by atoms with Crippen molar-refractivity contribution in [2.75, 3.05) is 13.1 Å². The number of pyridine rings is 1. The zero-order valence-corrected chi connectivity index (χ0v) is 10.3. The van der Waals surface area contributed by atoms with Crippen LogP contribution < -0.4 is 5.32 Å². The highest BCUT2D eigenvalue weighted by atomic mass is 15.4. The van der Waals surface area contributed by atoms with E-state index in [2.05, 4.69) is 32.7 Å². The van der Waals surface area contributed by atoms with Gasteiger partial charge in [0.2, 0.25) is 0 Å². The summed E-state index contributed by atoms with van der Waals surface area (Å²) in [6.45, 7) is 1.95. The van der Waals surface area contributed by atoms with Gasteiger partial charge in [-0.3, -0.25) is 4.98 Å². The molecule has 0 unspecified atom stereocenters. The Balaban J connectivity index is 1.74. The van der Waals surface area contributed by atoms with Gasteiger partial charge in [-0.15, -0.1) is 5.10 Å². The molecule has 0 spiro atoms. The molecule has 0 amide bonds. The number of benzene rings is 1. The SMILES string of the molecule is c1cnc2ccc(-c3cn(C4CNC4)nn3)cc2c1. The summed E-state index contributed by atoms with van der Waals surface area (Å²) in [6.07, 6.45) is 3.82. The van der Waals surface area contributed by atoms with Gasteiger partial charge < -0.3 is 5.32 Å². The lowest BCUT2D eigenvalue weighted by molar-refractivity contribution is 0.313. The van der Waals surface area contributed by atoms with Gasteiger partial charge in [-0.05, 0) is 18.2 Å². The standard InChI is InChI=1S/C14H13N5/c1-2-10-6-11(3-4-13(10)16-5-1)14-9-19(18-17-14)12-7-15-8-12/h1-6,9,12,15H,7-8H2. The van der Waals surface area contributed by atoms with Crippen LogP contribution in [0.1, 0.15) is 6.04 Å². The maximum absolute atomic E-state index is 4.32. The van der Waals surface area contributed by atoms with Crippen LogP contribution in [-0.4, -0.2) is 33.1 Å². The number of hydrogen-bond donors (Lipinski definition) is 1. The number of hydrogen-bond acceptors (Lipinski definition) is 4. The molecule has 0 atom stereocenters. The average molecular weight is 251 g/mol. The fraction of sp³-hybridized carbons (Fsp3) is 0.214. The summed E-state index contributed by atoms with van der Waals surface area (Å²) >= 11 is 0. The zero-order valence-electron chi connectivity index (χ0n) is 10.3. The third-order valence-corrected chi connectivity index (χ3v) is 3.54. The zero-order chi connectivity index (χ0) is 12.7. The molecular formula is C14H13N5. The van der Waals surface area contributed by atoms with Gasteiger partial charge in [0.15, 0.2) is 0 Å². The van der Waals surface area contributed by atoms with Gasteiger partial charge in [-0.25, -0.2) is 4.68 Å². The number of nitrogens with one attached hydrogen (secondary N) is 1. The quantitative estimate of drug-likeness (QED) is 0.752. The second-order valence-electron chi connectivity index (χ2n) is 4.81. The second kappa shape index (κ2) is 4.13. The topological polar surface area (TPSA) is 55.6 Å². The average Bonchev–Trinajstić information content (AvgIpc) is 2.85. The molecule has 1 aliphatic heterocycles. The van der Waals surface area contributed by atoms with Crippen LogP contribution in [0, 0.1) is 0 Å². The minimum Gasteiger partial charge on any atom is -0.312 e. The Labute approximate surface area is 110 Å². The summed E-state index contributed by atoms with van der Waals surface area (Å²) in [6, 6.07) is 10.6. The van der Waals surface area contributed by atoms with E-state index in [-0.39, 0.29) is 0 Å². The molecule has 1 aromatic carbocycles. The maximum atomic E-state index is 4.32. The van der Waals surface area contributed by atoms with Crippen molar-refractivity contribution in [1.29, 1.82) is 0 Å². The molecule has 1 aliphatic rings. The Morgan fingerprint density at radius 3 is 3.00 bits per heavy atom. The number of fused-ring (bicyclic) bond motifs is 1. The van der Waals surface area contributed by atoms with Crippen molar-refractivity contribution in [3.05, 3.63) is 42.7 Å². The number of aromatic nitrogens is 4. The van der Waals surface area contributed by atoms with E-state index >= 15 is 0 Å². The molecule has 5 heteroatoms. The van der Waals surface area contributed by atoms with Crippen molar-refractivity contribution in [3.8, 4) is 11.3 Å². The normalized spacial score (nSPS) is 15.6. The third kappa shape index (κ3) is 1.79. The fourth-order valence-corrected chi connectivity index (χ4v) is 2.28. The number of nitrogens with zero attached hydrogens (tertiary/aromatic N) is 4. The van der Waals surface area contributed by atoms with E-state index in [1.807, 2.05) is 35.3 Å². The first-order chi connectivity index (χ1) is 9.40. The van der Waals surface area contributed by atoms with Crippen LogP contribution in [0.3, 0.4) is 0 Å². The molecule has 1 fully saturated rings. The van der Waals surface area contributed by atoms with Gasteiger partial charge in [-0.2, -0.15) is 0 Å². The maximum Gasteiger partial charge on any atom is 0.113 e. The molecule has 3 aromatic rings. The van der Waals surface area contributed by atoms with E-state index in [4.69, 9.17) is 0 Å². The first-order valence-electron chi connectivity index (χ1n) is 6.38. The minimum atomic E-state index is 0.448. The highest BCUT2D eigenvalue weighted by Gasteiger charge is 2.20. The van der Waals surface area contributed by atoms with Gasteiger partial charge >= 0.3 is 0 Å². The summed E-state index contributed by atoms with van der Waals surface area (Å²) in [5.74, 6) is 0. The molecule has 3 heterocycles. The lowest BCUT2D eigenvalue weighted by Crippen LogP contribution is -2.43. The molecule has 4 rings (SSSR count). The Morgan fingerprint density at radius 1 is 1.21 bits per heavy atom. The Hall–Kier alpha value is -2.27. The molecule has 5 nitrogen and oxygen atoms in total. The van der Waals surface area contributed by atoms with Crippen molar-refractivity contribution in [2.45, 2.75) is 6.04 Å². The molecule has 94 valence electrons. The lowest BCUT2D eigenvalue weighted by Gasteiger charge is -2.26. The van der Waals surface area contributed by atoms with Crippen LogP contribution in [0.5, 0.6) is 0 Å². The molecule has 2 aromatic heterocycles. The van der Waals surface area contributed by atoms with E-state index in [1.165, 1.54) is 0 Å². The van der Waals surface area contributed by atoms with E-state index in [0.29, 0.717) is 6.04 Å². The third-order valence-electron chi connectivity index (χ3n) is 3.54. The van der Waals surface area contributed by atoms with Crippen LogP contribution >= 0.6 is 0 Å². The Bertz CT molecular complexity index is 729. The van der Waals surface area contributed by atoms with E-state index in [1.54, 1.807) is 0 Å². The molecule has 1 saturated heterocycles. The first kappa shape index (κ1) is 10.6. The largest absolute Gasteiger partial charge is 0.312 e. The molecule has 0 bridgehead atoms. The summed E-state index contributed by atoms with van der Waals surface area (Å²) in [5.41, 5.74) is 3.00. The highest BCUT2D eigenvalue weighted by Crippen LogP contribution is 2.22. The number of rotatable bonds is 2. The van der Waals surface area contributed by atoms with Crippen molar-refractivity contribution in [2.24, 2.45) is 0 Å². The van der Waals surface area contributed by atoms with E-state index in [0.717, 1.165) is 35.2 Å². The van der Waals surface area contributed by atoms with Crippen LogP contribution in [0.4, 0.5) is 0 Å². The molecule has 0 radical (unpaired) electrons. The van der Waals surface area contributed by atoms with Gasteiger partial charge in [0.1, 0.15) is 5.69 Å². The summed E-state index contributed by atoms with van der Waals surface area (Å²) in [5, 5.41) is 12.8. The van der Waals surface area contributed by atoms with Crippen LogP contribution in [-0.2, 0) is 0 Å². The molecular weight excluding hydrogens is 238 g/mol. The van der Waals surface area contributed by atoms with Gasteiger partial charge in [0.05, 0.1) is 17.8 Å². The van der Waals surface area contributed by atoms with Gasteiger partial charge in [-0.1, -0.05) is 17.3 Å². The Kier molecular flexibility index (Phi) is 2.31. The molecule has 19 heavy (non-hydrogen) atoms. The van der Waals surface area contributed by atoms with E-state index < -0.39 is 0 Å². The predicted octanol–water partition coefficient (Wildman–Crippen LogP) is 1.64. The Morgan fingerprint density at radius 2 is 2.16 bits per heavy atom.